The summed E-state index contributed by atoms with van der Waals surface area (Å²) in [7, 11) is 0. The molecule has 0 bridgehead atoms. The van der Waals surface area contributed by atoms with E-state index >= 15 is 0 Å². The molecule has 2 rings (SSSR count). The van der Waals surface area contributed by atoms with Gasteiger partial charge in [0.1, 0.15) is 0 Å². The van der Waals surface area contributed by atoms with Crippen molar-refractivity contribution < 1.29 is 9.90 Å². The summed E-state index contributed by atoms with van der Waals surface area (Å²) in [5.41, 5.74) is 2.31. The van der Waals surface area contributed by atoms with Gasteiger partial charge in [-0.2, -0.15) is 0 Å². The van der Waals surface area contributed by atoms with E-state index in [0.717, 1.165) is 17.6 Å². The van der Waals surface area contributed by atoms with Gasteiger partial charge in [0.25, 0.3) is 0 Å². The maximum Gasteiger partial charge on any atom is 0.328 e. The lowest BCUT2D eigenvalue weighted by atomic mass is 10.1. The molecule has 0 amide bonds. The molecular formula is C12H12O2. The van der Waals surface area contributed by atoms with Crippen LogP contribution in [-0.2, 0) is 4.79 Å². The van der Waals surface area contributed by atoms with Crippen LogP contribution in [0.2, 0.25) is 0 Å². The molecule has 0 radical (unpaired) electrons. The lowest BCUT2D eigenvalue weighted by molar-refractivity contribution is -0.131. The maximum atomic E-state index is 10.3. The van der Waals surface area contributed by atoms with E-state index in [-0.39, 0.29) is 0 Å². The second-order valence-electron chi connectivity index (χ2n) is 3.61. The number of hydrogen-bond donors (Lipinski definition) is 1. The van der Waals surface area contributed by atoms with Crippen LogP contribution in [0.4, 0.5) is 0 Å². The highest BCUT2D eigenvalue weighted by atomic mass is 16.4. The smallest absolute Gasteiger partial charge is 0.328 e. The second-order valence-corrected chi connectivity index (χ2v) is 3.61. The van der Waals surface area contributed by atoms with Crippen LogP contribution < -0.4 is 0 Å². The van der Waals surface area contributed by atoms with Crippen LogP contribution in [0.15, 0.2) is 30.3 Å². The van der Waals surface area contributed by atoms with Crippen LogP contribution in [0.3, 0.4) is 0 Å². The monoisotopic (exact) mass is 188 g/mol. The summed E-state index contributed by atoms with van der Waals surface area (Å²) in [4.78, 5) is 10.3. The molecule has 1 saturated carbocycles. The topological polar surface area (TPSA) is 37.3 Å². The summed E-state index contributed by atoms with van der Waals surface area (Å²) in [5.74, 6) is -0.149. The number of rotatable bonds is 3. The maximum absolute atomic E-state index is 10.3. The predicted octanol–water partition coefficient (Wildman–Crippen LogP) is 2.66. The van der Waals surface area contributed by atoms with Crippen molar-refractivity contribution in [3.63, 3.8) is 0 Å². The number of aliphatic carboxylic acids is 1. The fourth-order valence-corrected chi connectivity index (χ4v) is 1.46. The molecule has 1 aliphatic carbocycles. The number of carboxylic acid groups (broad SMARTS) is 1. The van der Waals surface area contributed by atoms with Crippen LogP contribution in [0.25, 0.3) is 6.08 Å². The van der Waals surface area contributed by atoms with E-state index in [1.807, 2.05) is 12.1 Å². The Hall–Kier alpha value is -1.57. The summed E-state index contributed by atoms with van der Waals surface area (Å²) < 4.78 is 0. The highest BCUT2D eigenvalue weighted by molar-refractivity contribution is 5.85. The zero-order valence-corrected chi connectivity index (χ0v) is 7.81. The largest absolute Gasteiger partial charge is 0.478 e. The van der Waals surface area contributed by atoms with E-state index in [4.69, 9.17) is 5.11 Å². The number of benzene rings is 1. The Kier molecular flexibility index (Phi) is 2.35. The van der Waals surface area contributed by atoms with Crippen LogP contribution in [-0.4, -0.2) is 11.1 Å². The first-order chi connectivity index (χ1) is 6.75. The summed E-state index contributed by atoms with van der Waals surface area (Å²) in [6.45, 7) is 0. The predicted molar refractivity (Wildman–Crippen MR) is 55.1 cm³/mol. The van der Waals surface area contributed by atoms with E-state index in [0.29, 0.717) is 0 Å². The molecular weight excluding hydrogens is 176 g/mol. The lowest BCUT2D eigenvalue weighted by Gasteiger charge is -1.97. The van der Waals surface area contributed by atoms with Crippen LogP contribution in [0.1, 0.15) is 29.9 Å². The van der Waals surface area contributed by atoms with Crippen molar-refractivity contribution in [2.45, 2.75) is 18.8 Å². The van der Waals surface area contributed by atoms with Crippen LogP contribution in [0, 0.1) is 0 Å². The van der Waals surface area contributed by atoms with Gasteiger partial charge in [0.15, 0.2) is 0 Å². The summed E-state index contributed by atoms with van der Waals surface area (Å²) in [6.07, 6.45) is 5.36. The number of hydrogen-bond acceptors (Lipinski definition) is 1. The first-order valence-electron chi connectivity index (χ1n) is 4.76. The molecule has 1 aromatic carbocycles. The van der Waals surface area contributed by atoms with Gasteiger partial charge in [-0.3, -0.25) is 0 Å². The van der Waals surface area contributed by atoms with Crippen LogP contribution >= 0.6 is 0 Å². The minimum absolute atomic E-state index is 0.757. The Morgan fingerprint density at radius 1 is 1.29 bits per heavy atom. The molecule has 1 N–H and O–H groups in total. The van der Waals surface area contributed by atoms with Gasteiger partial charge in [0.2, 0.25) is 0 Å². The number of carbonyl (C=O) groups is 1. The van der Waals surface area contributed by atoms with Crippen molar-refractivity contribution in [3.05, 3.63) is 41.5 Å². The van der Waals surface area contributed by atoms with Crippen LogP contribution in [0.5, 0.6) is 0 Å². The first kappa shape index (κ1) is 9.00. The van der Waals surface area contributed by atoms with Gasteiger partial charge >= 0.3 is 5.97 Å². The van der Waals surface area contributed by atoms with E-state index in [1.54, 1.807) is 6.08 Å². The molecule has 0 heterocycles. The number of carboxylic acids is 1. The molecule has 2 heteroatoms. The molecule has 0 aliphatic heterocycles. The zero-order chi connectivity index (χ0) is 9.97. The Labute approximate surface area is 82.9 Å². The van der Waals surface area contributed by atoms with Gasteiger partial charge in [-0.15, -0.1) is 0 Å². The molecule has 0 spiro atoms. The highest BCUT2D eigenvalue weighted by Gasteiger charge is 2.22. The molecule has 1 fully saturated rings. The summed E-state index contributed by atoms with van der Waals surface area (Å²) in [5, 5.41) is 8.44. The van der Waals surface area contributed by atoms with E-state index < -0.39 is 5.97 Å². The Bertz CT molecular complexity index is 358. The van der Waals surface area contributed by atoms with Gasteiger partial charge in [-0.05, 0) is 36.0 Å². The van der Waals surface area contributed by atoms with Gasteiger partial charge < -0.3 is 5.11 Å². The Balaban J connectivity index is 2.09. The first-order valence-corrected chi connectivity index (χ1v) is 4.76. The highest BCUT2D eigenvalue weighted by Crippen LogP contribution is 2.39. The van der Waals surface area contributed by atoms with Gasteiger partial charge in [0.05, 0.1) is 0 Å². The molecule has 14 heavy (non-hydrogen) atoms. The summed E-state index contributed by atoms with van der Waals surface area (Å²) in [6, 6.07) is 8.10. The molecule has 72 valence electrons. The van der Waals surface area contributed by atoms with Crippen molar-refractivity contribution in [1.29, 1.82) is 0 Å². The molecule has 1 aromatic rings. The molecule has 0 aromatic heterocycles. The average Bonchev–Trinajstić information content (AvgIpc) is 2.99. The van der Waals surface area contributed by atoms with E-state index in [2.05, 4.69) is 12.1 Å². The third-order valence-electron chi connectivity index (χ3n) is 2.40. The fraction of sp³-hybridized carbons (Fsp3) is 0.250. The van der Waals surface area contributed by atoms with Gasteiger partial charge in [0, 0.05) is 6.08 Å². The third kappa shape index (κ3) is 2.22. The minimum Gasteiger partial charge on any atom is -0.478 e. The normalized spacial score (nSPS) is 16.0. The van der Waals surface area contributed by atoms with Crippen molar-refractivity contribution in [2.75, 3.05) is 0 Å². The minimum atomic E-state index is -0.906. The van der Waals surface area contributed by atoms with Crippen molar-refractivity contribution in [2.24, 2.45) is 0 Å². The SMILES string of the molecule is O=C(O)C=Cc1ccc(C2CC2)cc1. The Morgan fingerprint density at radius 3 is 2.43 bits per heavy atom. The van der Waals surface area contributed by atoms with Crippen molar-refractivity contribution in [1.82, 2.24) is 0 Å². The molecule has 1 aliphatic rings. The quantitative estimate of drug-likeness (QED) is 0.740. The molecule has 0 saturated heterocycles. The van der Waals surface area contributed by atoms with Gasteiger partial charge in [-0.1, -0.05) is 24.3 Å². The zero-order valence-electron chi connectivity index (χ0n) is 7.81. The Morgan fingerprint density at radius 2 is 1.93 bits per heavy atom. The standard InChI is InChI=1S/C12H12O2/c13-12(14)8-3-9-1-4-10(5-2-9)11-6-7-11/h1-5,8,11H,6-7H2,(H,13,14). The molecule has 0 unspecified atom stereocenters. The third-order valence-corrected chi connectivity index (χ3v) is 2.40. The lowest BCUT2D eigenvalue weighted by Crippen LogP contribution is -1.85. The van der Waals surface area contributed by atoms with Crippen molar-refractivity contribution in [3.8, 4) is 0 Å². The van der Waals surface area contributed by atoms with E-state index in [9.17, 15) is 4.79 Å². The average molecular weight is 188 g/mol. The van der Waals surface area contributed by atoms with Gasteiger partial charge in [-0.25, -0.2) is 4.79 Å². The van der Waals surface area contributed by atoms with E-state index in [1.165, 1.54) is 18.4 Å². The second kappa shape index (κ2) is 3.66. The molecule has 0 atom stereocenters. The fourth-order valence-electron chi connectivity index (χ4n) is 1.46. The van der Waals surface area contributed by atoms with Crippen molar-refractivity contribution >= 4 is 12.0 Å². The molecule has 2 nitrogen and oxygen atoms in total. The summed E-state index contributed by atoms with van der Waals surface area (Å²) >= 11 is 0.